The molecule has 3 aromatic rings. The van der Waals surface area contributed by atoms with Gasteiger partial charge < -0.3 is 29.0 Å². The Morgan fingerprint density at radius 1 is 1.03 bits per heavy atom. The van der Waals surface area contributed by atoms with Crippen LogP contribution in [0.4, 0.5) is 11.4 Å². The first-order valence-corrected chi connectivity index (χ1v) is 13.5. The lowest BCUT2D eigenvalue weighted by Gasteiger charge is -2.53. The third-order valence-electron chi connectivity index (χ3n) is 8.72. The molecule has 3 aliphatic heterocycles. The van der Waals surface area contributed by atoms with E-state index in [0.717, 1.165) is 63.2 Å². The summed E-state index contributed by atoms with van der Waals surface area (Å²) in [6.45, 7) is 3.64. The Morgan fingerprint density at radius 3 is 2.54 bits per heavy atom. The lowest BCUT2D eigenvalue weighted by molar-refractivity contribution is -0.120. The predicted octanol–water partition coefficient (Wildman–Crippen LogP) is 2.92. The van der Waals surface area contributed by atoms with Crippen molar-refractivity contribution >= 4 is 23.2 Å². The van der Waals surface area contributed by atoms with Crippen molar-refractivity contribution in [2.45, 2.75) is 37.1 Å². The zero-order valence-electron chi connectivity index (χ0n) is 21.9. The first kappa shape index (κ1) is 24.1. The lowest BCUT2D eigenvalue weighted by atomic mass is 9.73. The summed E-state index contributed by atoms with van der Waals surface area (Å²) < 4.78 is 17.3. The van der Waals surface area contributed by atoms with Crippen LogP contribution in [0.5, 0.6) is 5.75 Å². The third-order valence-corrected chi connectivity index (χ3v) is 8.72. The highest BCUT2D eigenvalue weighted by atomic mass is 16.5. The van der Waals surface area contributed by atoms with Gasteiger partial charge in [-0.3, -0.25) is 9.59 Å². The van der Waals surface area contributed by atoms with Gasteiger partial charge in [0.25, 0.3) is 5.91 Å². The van der Waals surface area contributed by atoms with Crippen LogP contribution >= 0.6 is 0 Å². The van der Waals surface area contributed by atoms with Gasteiger partial charge in [-0.15, -0.1) is 10.2 Å². The quantitative estimate of drug-likeness (QED) is 0.537. The molecule has 202 valence electrons. The molecule has 1 saturated carbocycles. The number of hydrogen-bond acceptors (Lipinski definition) is 8. The maximum Gasteiger partial charge on any atom is 0.309 e. The van der Waals surface area contributed by atoms with Crippen molar-refractivity contribution < 1.29 is 23.5 Å². The number of aromatic nitrogens is 2. The molecule has 1 atom stereocenters. The molecule has 1 aliphatic carbocycles. The van der Waals surface area contributed by atoms with Crippen LogP contribution in [0.25, 0.3) is 0 Å². The predicted molar refractivity (Wildman–Crippen MR) is 142 cm³/mol. The fourth-order valence-corrected chi connectivity index (χ4v) is 6.09. The van der Waals surface area contributed by atoms with Crippen molar-refractivity contribution in [3.63, 3.8) is 0 Å². The van der Waals surface area contributed by atoms with E-state index in [1.54, 1.807) is 11.9 Å². The van der Waals surface area contributed by atoms with Crippen LogP contribution in [0, 0.1) is 5.41 Å². The molecular formula is C29H31N5O5. The SMILES string of the molecule is CN1C(=O)[C@H](NC(=O)c2nnc(C3(c4ccccc4)CC3)o2)COc2ccc(N3CC4(CCOCC4)C3)cc21. The van der Waals surface area contributed by atoms with Gasteiger partial charge in [-0.05, 0) is 49.4 Å². The maximum absolute atomic E-state index is 13.4. The van der Waals surface area contributed by atoms with E-state index in [1.807, 2.05) is 48.5 Å². The van der Waals surface area contributed by atoms with E-state index in [1.165, 1.54) is 0 Å². The molecule has 7 rings (SSSR count). The zero-order valence-corrected chi connectivity index (χ0v) is 21.9. The molecule has 4 heterocycles. The Bertz CT molecular complexity index is 1400. The van der Waals surface area contributed by atoms with Gasteiger partial charge in [0.2, 0.25) is 5.89 Å². The summed E-state index contributed by atoms with van der Waals surface area (Å²) in [5, 5.41) is 10.9. The van der Waals surface area contributed by atoms with Crippen molar-refractivity contribution in [2.75, 3.05) is 49.8 Å². The molecule has 10 nitrogen and oxygen atoms in total. The molecule has 2 saturated heterocycles. The molecule has 3 fully saturated rings. The number of ether oxygens (including phenoxy) is 2. The molecule has 10 heteroatoms. The standard InChI is InChI=1S/C29H31N5O5/c1-33-22-15-20(34-17-28(18-34)11-13-37-14-12-28)7-8-23(22)38-16-21(26(33)36)30-24(35)25-31-32-27(39-25)29(9-10-29)19-5-3-2-4-6-19/h2-8,15,21H,9-14,16-18H2,1H3,(H,30,35)/t21-/m1/s1. The van der Waals surface area contributed by atoms with Crippen molar-refractivity contribution in [3.05, 3.63) is 65.9 Å². The number of amides is 2. The number of carbonyl (C=O) groups is 2. The van der Waals surface area contributed by atoms with Crippen molar-refractivity contribution in [1.82, 2.24) is 15.5 Å². The molecular weight excluding hydrogens is 498 g/mol. The number of anilines is 2. The largest absolute Gasteiger partial charge is 0.489 e. The van der Waals surface area contributed by atoms with Crippen LogP contribution in [0.1, 0.15) is 47.8 Å². The van der Waals surface area contributed by atoms with Crippen LogP contribution in [-0.2, 0) is 14.9 Å². The van der Waals surface area contributed by atoms with Crippen molar-refractivity contribution in [3.8, 4) is 5.75 Å². The minimum absolute atomic E-state index is 0.00301. The van der Waals surface area contributed by atoms with E-state index in [9.17, 15) is 9.59 Å². The number of likely N-dealkylation sites (N-methyl/N-ethyl adjacent to an activating group) is 1. The summed E-state index contributed by atoms with van der Waals surface area (Å²) in [4.78, 5) is 30.3. The van der Waals surface area contributed by atoms with Gasteiger partial charge in [0.15, 0.2) is 0 Å². The van der Waals surface area contributed by atoms with Crippen LogP contribution < -0.4 is 19.9 Å². The van der Waals surface area contributed by atoms with E-state index < -0.39 is 11.9 Å². The molecule has 2 aromatic carbocycles. The fourth-order valence-electron chi connectivity index (χ4n) is 6.09. The Hall–Kier alpha value is -3.92. The smallest absolute Gasteiger partial charge is 0.309 e. The normalized spacial score (nSPS) is 22.9. The second kappa shape index (κ2) is 9.08. The highest BCUT2D eigenvalue weighted by molar-refractivity contribution is 6.02. The number of benzene rings is 2. The molecule has 2 amide bonds. The van der Waals surface area contributed by atoms with E-state index >= 15 is 0 Å². The van der Waals surface area contributed by atoms with Gasteiger partial charge in [0.1, 0.15) is 18.4 Å². The molecule has 1 aromatic heterocycles. The van der Waals surface area contributed by atoms with Crippen LogP contribution in [-0.4, -0.2) is 68.0 Å². The number of carbonyl (C=O) groups excluding carboxylic acids is 2. The summed E-state index contributed by atoms with van der Waals surface area (Å²) in [5.74, 6) is -0.000869. The molecule has 39 heavy (non-hydrogen) atoms. The highest BCUT2D eigenvalue weighted by Crippen LogP contribution is 2.52. The van der Waals surface area contributed by atoms with Gasteiger partial charge in [-0.1, -0.05) is 30.3 Å². The van der Waals surface area contributed by atoms with Gasteiger partial charge in [-0.25, -0.2) is 0 Å². The van der Waals surface area contributed by atoms with Crippen molar-refractivity contribution in [1.29, 1.82) is 0 Å². The van der Waals surface area contributed by atoms with Crippen LogP contribution in [0.2, 0.25) is 0 Å². The van der Waals surface area contributed by atoms with Crippen molar-refractivity contribution in [2.24, 2.45) is 5.41 Å². The van der Waals surface area contributed by atoms with E-state index in [4.69, 9.17) is 13.9 Å². The highest BCUT2D eigenvalue weighted by Gasteiger charge is 2.51. The second-order valence-electron chi connectivity index (χ2n) is 11.2. The third kappa shape index (κ3) is 4.14. The second-order valence-corrected chi connectivity index (χ2v) is 11.2. The first-order chi connectivity index (χ1) is 19.0. The van der Waals surface area contributed by atoms with E-state index in [-0.39, 0.29) is 23.8 Å². The monoisotopic (exact) mass is 529 g/mol. The molecule has 1 N–H and O–H groups in total. The Labute approximate surface area is 226 Å². The minimum atomic E-state index is -0.896. The minimum Gasteiger partial charge on any atom is -0.489 e. The summed E-state index contributed by atoms with van der Waals surface area (Å²) in [6.07, 6.45) is 3.94. The first-order valence-electron chi connectivity index (χ1n) is 13.5. The molecule has 0 radical (unpaired) electrons. The van der Waals surface area contributed by atoms with Crippen LogP contribution in [0.3, 0.4) is 0 Å². The van der Waals surface area contributed by atoms with Gasteiger partial charge in [-0.2, -0.15) is 0 Å². The number of hydrogen-bond donors (Lipinski definition) is 1. The van der Waals surface area contributed by atoms with Crippen LogP contribution in [0.15, 0.2) is 52.9 Å². The number of nitrogens with zero attached hydrogens (tertiary/aromatic N) is 4. The number of nitrogens with one attached hydrogen (secondary N) is 1. The van der Waals surface area contributed by atoms with E-state index in [0.29, 0.717) is 22.7 Å². The molecule has 4 aliphatic rings. The molecule has 0 bridgehead atoms. The summed E-state index contributed by atoms with van der Waals surface area (Å²) in [5.41, 5.74) is 2.83. The number of fused-ring (bicyclic) bond motifs is 1. The summed E-state index contributed by atoms with van der Waals surface area (Å²) in [7, 11) is 1.70. The fraction of sp³-hybridized carbons (Fsp3) is 0.448. The Morgan fingerprint density at radius 2 is 1.79 bits per heavy atom. The topological polar surface area (TPSA) is 110 Å². The van der Waals surface area contributed by atoms with Gasteiger partial charge >= 0.3 is 11.8 Å². The Kier molecular flexibility index (Phi) is 5.62. The van der Waals surface area contributed by atoms with Gasteiger partial charge in [0.05, 0.1) is 11.1 Å². The molecule has 0 unspecified atom stereocenters. The summed E-state index contributed by atoms with van der Waals surface area (Å²) in [6, 6.07) is 15.0. The Balaban J connectivity index is 1.03. The van der Waals surface area contributed by atoms with Gasteiger partial charge in [0, 0.05) is 44.5 Å². The lowest BCUT2D eigenvalue weighted by Crippen LogP contribution is -2.58. The number of rotatable bonds is 5. The van der Waals surface area contributed by atoms with E-state index in [2.05, 4.69) is 20.4 Å². The average Bonchev–Trinajstić information content (AvgIpc) is 3.64. The zero-order chi connectivity index (χ0) is 26.6. The maximum atomic E-state index is 13.4. The summed E-state index contributed by atoms with van der Waals surface area (Å²) >= 11 is 0. The molecule has 1 spiro atoms. The average molecular weight is 530 g/mol.